The lowest BCUT2D eigenvalue weighted by Gasteiger charge is -2.35. The van der Waals surface area contributed by atoms with E-state index in [2.05, 4.69) is 14.8 Å². The van der Waals surface area contributed by atoms with Crippen LogP contribution in [0.5, 0.6) is 0 Å². The lowest BCUT2D eigenvalue weighted by atomic mass is 9.98. The van der Waals surface area contributed by atoms with Crippen molar-refractivity contribution in [3.63, 3.8) is 0 Å². The number of halogens is 2. The molecule has 29 heavy (non-hydrogen) atoms. The van der Waals surface area contributed by atoms with E-state index in [1.807, 2.05) is 30.2 Å². The van der Waals surface area contributed by atoms with Crippen molar-refractivity contribution in [2.75, 3.05) is 17.5 Å². The maximum Gasteiger partial charge on any atom is 0.256 e. The Morgan fingerprint density at radius 1 is 1.24 bits per heavy atom. The van der Waals surface area contributed by atoms with E-state index in [-0.39, 0.29) is 11.9 Å². The van der Waals surface area contributed by atoms with Gasteiger partial charge in [-0.25, -0.2) is 9.50 Å². The molecular formula is C20H21Cl2N5OS. The summed E-state index contributed by atoms with van der Waals surface area (Å²) in [6, 6.07) is 8.91. The minimum atomic E-state index is -0.129. The molecule has 0 spiro atoms. The average molecular weight is 450 g/mol. The third kappa shape index (κ3) is 4.04. The van der Waals surface area contributed by atoms with Gasteiger partial charge in [0.15, 0.2) is 5.65 Å². The summed E-state index contributed by atoms with van der Waals surface area (Å²) in [4.78, 5) is 19.9. The van der Waals surface area contributed by atoms with Crippen LogP contribution in [0.3, 0.4) is 0 Å². The Hall–Kier alpha value is -1.96. The van der Waals surface area contributed by atoms with Gasteiger partial charge in [0.05, 0.1) is 23.0 Å². The molecule has 0 bridgehead atoms. The fourth-order valence-corrected chi connectivity index (χ4v) is 4.62. The van der Waals surface area contributed by atoms with E-state index in [4.69, 9.17) is 23.2 Å². The van der Waals surface area contributed by atoms with E-state index in [1.54, 1.807) is 22.7 Å². The highest BCUT2D eigenvalue weighted by atomic mass is 35.5. The predicted molar refractivity (Wildman–Crippen MR) is 119 cm³/mol. The fraction of sp³-hybridized carbons (Fsp3) is 0.350. The van der Waals surface area contributed by atoms with Gasteiger partial charge in [-0.2, -0.15) is 5.10 Å². The van der Waals surface area contributed by atoms with E-state index in [0.29, 0.717) is 27.9 Å². The number of aryl methyl sites for hydroxylation is 1. The second-order valence-electron chi connectivity index (χ2n) is 7.07. The molecule has 3 aromatic rings. The summed E-state index contributed by atoms with van der Waals surface area (Å²) in [5, 5.41) is 5.71. The molecule has 1 aromatic carbocycles. The number of carbonyl (C=O) groups excluding carboxylic acids is 1. The summed E-state index contributed by atoms with van der Waals surface area (Å²) in [7, 11) is 0. The number of anilines is 1. The zero-order chi connectivity index (χ0) is 20.5. The molecule has 4 rings (SSSR count). The van der Waals surface area contributed by atoms with Crippen LogP contribution in [-0.2, 0) is 0 Å². The molecule has 3 heterocycles. The van der Waals surface area contributed by atoms with Crippen LogP contribution >= 0.6 is 35.1 Å². The topological polar surface area (TPSA) is 62.5 Å². The summed E-state index contributed by atoms with van der Waals surface area (Å²) < 4.78 is 4.80. The molecule has 2 aromatic heterocycles. The molecule has 0 saturated carbocycles. The molecule has 1 unspecified atom stereocenters. The van der Waals surface area contributed by atoms with Gasteiger partial charge in [-0.1, -0.05) is 35.1 Å². The molecule has 6 nitrogen and oxygen atoms in total. The zero-order valence-corrected chi connectivity index (χ0v) is 18.5. The van der Waals surface area contributed by atoms with E-state index >= 15 is 0 Å². The monoisotopic (exact) mass is 449 g/mol. The average Bonchev–Trinajstić information content (AvgIpc) is 3.13. The zero-order valence-electron chi connectivity index (χ0n) is 16.2. The fourth-order valence-electron chi connectivity index (χ4n) is 3.76. The van der Waals surface area contributed by atoms with Crippen molar-refractivity contribution in [2.24, 2.45) is 0 Å². The molecule has 152 valence electrons. The van der Waals surface area contributed by atoms with Gasteiger partial charge in [0.25, 0.3) is 5.91 Å². The molecule has 1 aliphatic rings. The number of amides is 1. The number of nitrogens with zero attached hydrogens (tertiary/aromatic N) is 4. The van der Waals surface area contributed by atoms with Crippen LogP contribution < -0.4 is 4.72 Å². The molecule has 0 aliphatic carbocycles. The van der Waals surface area contributed by atoms with Gasteiger partial charge in [0, 0.05) is 29.6 Å². The van der Waals surface area contributed by atoms with Crippen LogP contribution in [0.4, 0.5) is 5.69 Å². The Balaban J connectivity index is 1.72. The first kappa shape index (κ1) is 20.3. The predicted octanol–water partition coefficient (Wildman–Crippen LogP) is 5.40. The smallest absolute Gasteiger partial charge is 0.256 e. The van der Waals surface area contributed by atoms with Crippen LogP contribution in [0.25, 0.3) is 5.65 Å². The molecule has 1 atom stereocenters. The SMILES string of the molecule is CSNc1ccc(Cl)cc1C(=O)N1CCCCC1c1cc2nc(C)cc(Cl)n2n1. The van der Waals surface area contributed by atoms with Gasteiger partial charge in [-0.05, 0) is 50.5 Å². The van der Waals surface area contributed by atoms with Crippen molar-refractivity contribution >= 4 is 52.4 Å². The maximum atomic E-state index is 13.5. The van der Waals surface area contributed by atoms with Crippen LogP contribution in [0.2, 0.25) is 10.2 Å². The van der Waals surface area contributed by atoms with Crippen LogP contribution in [0, 0.1) is 6.92 Å². The molecule has 0 radical (unpaired) electrons. The van der Waals surface area contributed by atoms with Crippen LogP contribution in [-0.4, -0.2) is 38.2 Å². The second kappa shape index (κ2) is 8.42. The first-order valence-electron chi connectivity index (χ1n) is 9.40. The Morgan fingerprint density at radius 2 is 2.07 bits per heavy atom. The summed E-state index contributed by atoms with van der Waals surface area (Å²) in [6.07, 6.45) is 4.76. The summed E-state index contributed by atoms with van der Waals surface area (Å²) in [5.74, 6) is -0.0546. The van der Waals surface area contributed by atoms with Crippen molar-refractivity contribution in [3.8, 4) is 0 Å². The number of rotatable bonds is 4. The van der Waals surface area contributed by atoms with Gasteiger partial charge in [-0.15, -0.1) is 0 Å². The number of fused-ring (bicyclic) bond motifs is 1. The maximum absolute atomic E-state index is 13.5. The minimum Gasteiger partial charge on any atom is -0.330 e. The third-order valence-corrected chi connectivity index (χ3v) is 5.99. The Bertz CT molecular complexity index is 1070. The lowest BCUT2D eigenvalue weighted by molar-refractivity contribution is 0.0607. The summed E-state index contributed by atoms with van der Waals surface area (Å²) >= 11 is 14.0. The summed E-state index contributed by atoms with van der Waals surface area (Å²) in [6.45, 7) is 2.57. The Kier molecular flexibility index (Phi) is 5.90. The van der Waals surface area contributed by atoms with E-state index < -0.39 is 0 Å². The number of likely N-dealkylation sites (tertiary alicyclic amines) is 1. The van der Waals surface area contributed by atoms with Crippen molar-refractivity contribution in [1.29, 1.82) is 0 Å². The number of hydrogen-bond acceptors (Lipinski definition) is 5. The molecule has 1 fully saturated rings. The summed E-state index contributed by atoms with van der Waals surface area (Å²) in [5.41, 5.74) is 3.65. The van der Waals surface area contributed by atoms with E-state index in [1.165, 1.54) is 11.9 Å². The van der Waals surface area contributed by atoms with Gasteiger partial charge >= 0.3 is 0 Å². The second-order valence-corrected chi connectivity index (χ2v) is 8.50. The number of nitrogens with one attached hydrogen (secondary N) is 1. The Labute approximate surface area is 183 Å². The van der Waals surface area contributed by atoms with Crippen LogP contribution in [0.15, 0.2) is 30.3 Å². The largest absolute Gasteiger partial charge is 0.330 e. The Morgan fingerprint density at radius 3 is 2.86 bits per heavy atom. The molecule has 1 N–H and O–H groups in total. The van der Waals surface area contributed by atoms with Crippen molar-refractivity contribution < 1.29 is 4.79 Å². The molecule has 9 heteroatoms. The number of hydrogen-bond donors (Lipinski definition) is 1. The quantitative estimate of drug-likeness (QED) is 0.426. The van der Waals surface area contributed by atoms with Gasteiger partial charge in [-0.3, -0.25) is 4.79 Å². The van der Waals surface area contributed by atoms with Gasteiger partial charge < -0.3 is 9.62 Å². The van der Waals surface area contributed by atoms with Crippen LogP contribution in [0.1, 0.15) is 47.1 Å². The first-order chi connectivity index (χ1) is 14.0. The lowest BCUT2D eigenvalue weighted by Crippen LogP contribution is -2.39. The van der Waals surface area contributed by atoms with E-state index in [9.17, 15) is 4.79 Å². The first-order valence-corrected chi connectivity index (χ1v) is 11.4. The minimum absolute atomic E-state index is 0.0546. The number of carbonyl (C=O) groups is 1. The van der Waals surface area contributed by atoms with Crippen molar-refractivity contribution in [1.82, 2.24) is 19.5 Å². The third-order valence-electron chi connectivity index (χ3n) is 5.06. The molecule has 1 aliphatic heterocycles. The molecule has 1 saturated heterocycles. The van der Waals surface area contributed by atoms with Crippen molar-refractivity contribution in [2.45, 2.75) is 32.2 Å². The normalized spacial score (nSPS) is 17.0. The highest BCUT2D eigenvalue weighted by molar-refractivity contribution is 7.99. The highest BCUT2D eigenvalue weighted by Crippen LogP contribution is 2.34. The standard InChI is InChI=1S/C20H21Cl2N5OS/c1-12-9-18(22)27-19(23-12)11-16(24-27)17-5-3-4-8-26(17)20(28)14-10-13(21)6-7-15(14)25-29-2/h6-7,9-11,17,25H,3-5,8H2,1-2H3. The number of aromatic nitrogens is 3. The van der Waals surface area contributed by atoms with Crippen molar-refractivity contribution in [3.05, 3.63) is 57.5 Å². The highest BCUT2D eigenvalue weighted by Gasteiger charge is 2.32. The van der Waals surface area contributed by atoms with E-state index in [0.717, 1.165) is 36.3 Å². The number of piperidine rings is 1. The van der Waals surface area contributed by atoms with Gasteiger partial charge in [0.1, 0.15) is 5.15 Å². The number of benzene rings is 1. The van der Waals surface area contributed by atoms with Gasteiger partial charge in [0.2, 0.25) is 0 Å². The molecular weight excluding hydrogens is 429 g/mol. The molecule has 1 amide bonds.